The predicted octanol–water partition coefficient (Wildman–Crippen LogP) is 4.32. The van der Waals surface area contributed by atoms with Crippen molar-refractivity contribution >= 4 is 28.0 Å². The summed E-state index contributed by atoms with van der Waals surface area (Å²) < 4.78 is 10.8. The van der Waals surface area contributed by atoms with Crippen LogP contribution >= 0.6 is 0 Å². The van der Waals surface area contributed by atoms with Gasteiger partial charge in [-0.1, -0.05) is 17.3 Å². The molecule has 11 heteroatoms. The van der Waals surface area contributed by atoms with Gasteiger partial charge in [0.05, 0.1) is 34.6 Å². The van der Waals surface area contributed by atoms with Gasteiger partial charge < -0.3 is 9.64 Å². The van der Waals surface area contributed by atoms with E-state index in [1.54, 1.807) is 27.4 Å². The number of aromatic nitrogens is 7. The van der Waals surface area contributed by atoms with Crippen molar-refractivity contribution in [3.8, 4) is 22.5 Å². The number of rotatable bonds is 3. The molecule has 1 aliphatic heterocycles. The summed E-state index contributed by atoms with van der Waals surface area (Å²) in [4.78, 5) is 37.1. The Balaban J connectivity index is 1.36. The summed E-state index contributed by atoms with van der Waals surface area (Å²) in [5.74, 6) is 0. The van der Waals surface area contributed by atoms with Gasteiger partial charge in [0, 0.05) is 50.4 Å². The highest BCUT2D eigenvalue weighted by Gasteiger charge is 2.30. The summed E-state index contributed by atoms with van der Waals surface area (Å²) in [6.07, 6.45) is 6.43. The number of carbonyl (C=O) groups excluding carboxylic acids is 1. The lowest BCUT2D eigenvalue weighted by Gasteiger charge is -2.33. The number of amides is 1. The molecule has 1 aromatic carbocycles. The summed E-state index contributed by atoms with van der Waals surface area (Å²) in [5.41, 5.74) is 5.20. The van der Waals surface area contributed by atoms with Crippen LogP contribution in [-0.4, -0.2) is 63.8 Å². The topological polar surface area (TPSA) is 113 Å². The van der Waals surface area contributed by atoms with E-state index in [0.717, 1.165) is 38.8 Å². The molecular weight excluding hydrogens is 508 g/mol. The van der Waals surface area contributed by atoms with Gasteiger partial charge in [-0.3, -0.25) is 23.8 Å². The van der Waals surface area contributed by atoms with E-state index >= 15 is 0 Å². The molecule has 1 aliphatic rings. The standard InChI is InChI=1S/C29H32N8O3/c1-29(2,3)40-28(39)36-12-10-20(11-13-36)37-26-21-14-18(6-8-22(21)31-16-25(26)35(5)27(37)38)19-7-9-23(30-15-19)24-17-34(4)33-32-24/h6-9,14-17,20H,10-13H2,1-5H3. The van der Waals surface area contributed by atoms with Gasteiger partial charge in [-0.25, -0.2) is 9.59 Å². The molecule has 4 aromatic heterocycles. The minimum atomic E-state index is -0.546. The zero-order valence-electron chi connectivity index (χ0n) is 23.3. The van der Waals surface area contributed by atoms with Crippen LogP contribution < -0.4 is 5.69 Å². The first-order chi connectivity index (χ1) is 19.1. The molecule has 6 rings (SSSR count). The Morgan fingerprint density at radius 2 is 1.73 bits per heavy atom. The summed E-state index contributed by atoms with van der Waals surface area (Å²) in [5, 5.41) is 9.02. The quantitative estimate of drug-likeness (QED) is 0.335. The third-order valence-corrected chi connectivity index (χ3v) is 7.36. The number of ether oxygens (including phenoxy) is 1. The number of imidazole rings is 1. The molecule has 0 spiro atoms. The SMILES string of the molecule is Cn1cc(-c2ccc(-c3ccc4ncc5c(c4c3)n(C3CCN(C(=O)OC(C)(C)C)CC3)c(=O)n5C)cn2)nn1. The number of benzene rings is 1. The van der Waals surface area contributed by atoms with Crippen LogP contribution in [0.1, 0.15) is 39.7 Å². The number of hydrogen-bond acceptors (Lipinski definition) is 7. The maximum atomic E-state index is 13.5. The molecule has 1 amide bonds. The van der Waals surface area contributed by atoms with E-state index in [1.807, 2.05) is 69.0 Å². The van der Waals surface area contributed by atoms with Gasteiger partial charge in [-0.2, -0.15) is 0 Å². The molecule has 40 heavy (non-hydrogen) atoms. The minimum Gasteiger partial charge on any atom is -0.444 e. The first-order valence-corrected chi connectivity index (χ1v) is 13.4. The Morgan fingerprint density at radius 3 is 2.38 bits per heavy atom. The van der Waals surface area contributed by atoms with E-state index in [9.17, 15) is 9.59 Å². The van der Waals surface area contributed by atoms with Crippen LogP contribution in [0.25, 0.3) is 44.5 Å². The minimum absolute atomic E-state index is 0.0444. The second-order valence-corrected chi connectivity index (χ2v) is 11.3. The Labute approximate surface area is 231 Å². The van der Waals surface area contributed by atoms with Crippen molar-refractivity contribution in [2.45, 2.75) is 45.3 Å². The van der Waals surface area contributed by atoms with Gasteiger partial charge in [0.25, 0.3) is 0 Å². The molecule has 0 N–H and O–H groups in total. The number of pyridine rings is 2. The number of fused-ring (bicyclic) bond motifs is 3. The molecule has 206 valence electrons. The fourth-order valence-corrected chi connectivity index (χ4v) is 5.36. The van der Waals surface area contributed by atoms with Crippen LogP contribution in [0.4, 0.5) is 4.79 Å². The van der Waals surface area contributed by atoms with Crippen molar-refractivity contribution < 1.29 is 9.53 Å². The summed E-state index contributed by atoms with van der Waals surface area (Å²) in [6.45, 7) is 6.65. The largest absolute Gasteiger partial charge is 0.444 e. The molecule has 1 fully saturated rings. The second kappa shape index (κ2) is 9.58. The van der Waals surface area contributed by atoms with Crippen LogP contribution in [-0.2, 0) is 18.8 Å². The highest BCUT2D eigenvalue weighted by molar-refractivity contribution is 6.04. The van der Waals surface area contributed by atoms with E-state index < -0.39 is 5.60 Å². The molecule has 0 unspecified atom stereocenters. The van der Waals surface area contributed by atoms with Gasteiger partial charge in [-0.05, 0) is 57.4 Å². The van der Waals surface area contributed by atoms with Crippen molar-refractivity contribution in [1.29, 1.82) is 0 Å². The molecule has 5 aromatic rings. The molecule has 0 atom stereocenters. The van der Waals surface area contributed by atoms with Crippen molar-refractivity contribution in [2.75, 3.05) is 13.1 Å². The smallest absolute Gasteiger partial charge is 0.410 e. The monoisotopic (exact) mass is 540 g/mol. The van der Waals surface area contributed by atoms with Crippen LogP contribution in [0.15, 0.2) is 53.7 Å². The Hall–Kier alpha value is -4.54. The van der Waals surface area contributed by atoms with Crippen molar-refractivity contribution in [1.82, 2.24) is 39.0 Å². The van der Waals surface area contributed by atoms with E-state index in [-0.39, 0.29) is 17.8 Å². The number of piperidine rings is 1. The maximum absolute atomic E-state index is 13.5. The van der Waals surface area contributed by atoms with Crippen LogP contribution in [0, 0.1) is 0 Å². The zero-order chi connectivity index (χ0) is 28.2. The summed E-state index contributed by atoms with van der Waals surface area (Å²) in [7, 11) is 3.60. The van der Waals surface area contributed by atoms with Crippen molar-refractivity contribution in [2.24, 2.45) is 14.1 Å². The first-order valence-electron chi connectivity index (χ1n) is 13.4. The number of carbonyl (C=O) groups is 1. The molecule has 0 aliphatic carbocycles. The van der Waals surface area contributed by atoms with Crippen LogP contribution in [0.3, 0.4) is 0 Å². The molecule has 0 bridgehead atoms. The molecule has 5 heterocycles. The zero-order valence-corrected chi connectivity index (χ0v) is 23.3. The Morgan fingerprint density at radius 1 is 0.975 bits per heavy atom. The normalized spacial score (nSPS) is 14.8. The highest BCUT2D eigenvalue weighted by Crippen LogP contribution is 2.32. The lowest BCUT2D eigenvalue weighted by Crippen LogP contribution is -2.43. The fourth-order valence-electron chi connectivity index (χ4n) is 5.36. The van der Waals surface area contributed by atoms with Crippen LogP contribution in [0.2, 0.25) is 0 Å². The lowest BCUT2D eigenvalue weighted by molar-refractivity contribution is 0.0188. The lowest BCUT2D eigenvalue weighted by atomic mass is 10.0. The van der Waals surface area contributed by atoms with Gasteiger partial charge in [-0.15, -0.1) is 5.10 Å². The second-order valence-electron chi connectivity index (χ2n) is 11.3. The van der Waals surface area contributed by atoms with Gasteiger partial charge in [0.2, 0.25) is 0 Å². The third-order valence-electron chi connectivity index (χ3n) is 7.36. The van der Waals surface area contributed by atoms with Gasteiger partial charge >= 0.3 is 11.8 Å². The van der Waals surface area contributed by atoms with E-state index in [2.05, 4.69) is 26.3 Å². The predicted molar refractivity (Wildman–Crippen MR) is 152 cm³/mol. The van der Waals surface area contributed by atoms with E-state index in [0.29, 0.717) is 31.6 Å². The average Bonchev–Trinajstić information content (AvgIpc) is 3.48. The molecule has 0 radical (unpaired) electrons. The summed E-state index contributed by atoms with van der Waals surface area (Å²) in [6, 6.07) is 9.97. The van der Waals surface area contributed by atoms with E-state index in [4.69, 9.17) is 4.74 Å². The van der Waals surface area contributed by atoms with Crippen LogP contribution in [0.5, 0.6) is 0 Å². The van der Waals surface area contributed by atoms with Gasteiger partial charge in [0.1, 0.15) is 11.3 Å². The molecule has 0 saturated carbocycles. The van der Waals surface area contributed by atoms with Gasteiger partial charge in [0.15, 0.2) is 0 Å². The first kappa shape index (κ1) is 25.7. The maximum Gasteiger partial charge on any atom is 0.410 e. The number of likely N-dealkylation sites (tertiary alicyclic amines) is 1. The number of nitrogens with zero attached hydrogens (tertiary/aromatic N) is 8. The molecule has 11 nitrogen and oxygen atoms in total. The van der Waals surface area contributed by atoms with E-state index in [1.165, 1.54) is 0 Å². The summed E-state index contributed by atoms with van der Waals surface area (Å²) >= 11 is 0. The van der Waals surface area contributed by atoms with Crippen molar-refractivity contribution in [3.05, 3.63) is 59.4 Å². The van der Waals surface area contributed by atoms with Crippen molar-refractivity contribution in [3.63, 3.8) is 0 Å². The Kier molecular flexibility index (Phi) is 6.16. The number of aryl methyl sites for hydroxylation is 2. The Bertz CT molecular complexity index is 1780. The third kappa shape index (κ3) is 4.61. The molecule has 1 saturated heterocycles. The average molecular weight is 541 g/mol. The number of hydrogen-bond donors (Lipinski definition) is 0. The highest BCUT2D eigenvalue weighted by atomic mass is 16.6. The fraction of sp³-hybridized carbons (Fsp3) is 0.379. The molecular formula is C29H32N8O3.